The van der Waals surface area contributed by atoms with E-state index in [1.54, 1.807) is 16.5 Å². The first-order valence-corrected chi connectivity index (χ1v) is 9.52. The van der Waals surface area contributed by atoms with Gasteiger partial charge in [-0.1, -0.05) is 15.9 Å². The summed E-state index contributed by atoms with van der Waals surface area (Å²) < 4.78 is 8.16. The SMILES string of the molecule is CN(C(=O)OC(C)(C)C)C1CN(c2nc3ccc(Br)cc3c3ncnn23)C1. The fraction of sp³-hybridized carbons (Fsp3) is 0.444. The number of likely N-dealkylation sites (N-methyl/N-ethyl adjacent to an activating group) is 1. The van der Waals surface area contributed by atoms with Gasteiger partial charge in [0, 0.05) is 30.0 Å². The molecule has 0 saturated carbocycles. The largest absolute Gasteiger partial charge is 0.444 e. The number of carbonyl (C=O) groups is 1. The van der Waals surface area contributed by atoms with E-state index in [0.717, 1.165) is 27.0 Å². The molecule has 1 aromatic carbocycles. The molecule has 0 radical (unpaired) electrons. The predicted octanol–water partition coefficient (Wildman–Crippen LogP) is 3.10. The van der Waals surface area contributed by atoms with Crippen LogP contribution in [0, 0.1) is 0 Å². The van der Waals surface area contributed by atoms with Gasteiger partial charge >= 0.3 is 6.09 Å². The van der Waals surface area contributed by atoms with E-state index >= 15 is 0 Å². The van der Waals surface area contributed by atoms with Crippen molar-refractivity contribution in [3.05, 3.63) is 29.0 Å². The van der Waals surface area contributed by atoms with Crippen LogP contribution in [0.3, 0.4) is 0 Å². The number of rotatable bonds is 2. The number of ether oxygens (including phenoxy) is 1. The monoisotopic (exact) mass is 432 g/mol. The quantitative estimate of drug-likeness (QED) is 0.619. The Labute approximate surface area is 165 Å². The molecular formula is C18H21BrN6O2. The number of hydrogen-bond donors (Lipinski definition) is 0. The molecule has 0 atom stereocenters. The van der Waals surface area contributed by atoms with Gasteiger partial charge in [0.05, 0.1) is 11.6 Å². The van der Waals surface area contributed by atoms with Crippen LogP contribution >= 0.6 is 15.9 Å². The number of aromatic nitrogens is 4. The number of carbonyl (C=O) groups excluding carboxylic acids is 1. The van der Waals surface area contributed by atoms with Crippen LogP contribution < -0.4 is 4.90 Å². The summed E-state index contributed by atoms with van der Waals surface area (Å²) in [5.41, 5.74) is 1.12. The highest BCUT2D eigenvalue weighted by atomic mass is 79.9. The maximum atomic E-state index is 12.3. The van der Waals surface area contributed by atoms with Gasteiger partial charge in [0.25, 0.3) is 0 Å². The Bertz CT molecular complexity index is 1020. The van der Waals surface area contributed by atoms with Crippen molar-refractivity contribution in [3.8, 4) is 0 Å². The predicted molar refractivity (Wildman–Crippen MR) is 106 cm³/mol. The molecule has 2 aromatic heterocycles. The van der Waals surface area contributed by atoms with Crippen LogP contribution in [0.4, 0.5) is 10.7 Å². The van der Waals surface area contributed by atoms with Gasteiger partial charge in [0.1, 0.15) is 11.9 Å². The third kappa shape index (κ3) is 3.31. The zero-order valence-corrected chi connectivity index (χ0v) is 17.3. The zero-order valence-electron chi connectivity index (χ0n) is 15.7. The smallest absolute Gasteiger partial charge is 0.410 e. The highest BCUT2D eigenvalue weighted by Crippen LogP contribution is 2.28. The Morgan fingerprint density at radius 1 is 1.33 bits per heavy atom. The summed E-state index contributed by atoms with van der Waals surface area (Å²) >= 11 is 3.49. The van der Waals surface area contributed by atoms with E-state index in [1.807, 2.05) is 39.0 Å². The van der Waals surface area contributed by atoms with Crippen molar-refractivity contribution >= 4 is 44.5 Å². The summed E-state index contributed by atoms with van der Waals surface area (Å²) in [5.74, 6) is 0.728. The molecule has 8 nitrogen and oxygen atoms in total. The number of nitrogens with zero attached hydrogens (tertiary/aromatic N) is 6. The van der Waals surface area contributed by atoms with Gasteiger partial charge < -0.3 is 14.5 Å². The minimum absolute atomic E-state index is 0.0702. The van der Waals surface area contributed by atoms with Crippen molar-refractivity contribution < 1.29 is 9.53 Å². The van der Waals surface area contributed by atoms with Crippen LogP contribution in [0.1, 0.15) is 20.8 Å². The second kappa shape index (κ2) is 6.33. The van der Waals surface area contributed by atoms with Gasteiger partial charge in [-0.2, -0.15) is 9.61 Å². The van der Waals surface area contributed by atoms with Crippen LogP contribution in [0.2, 0.25) is 0 Å². The van der Waals surface area contributed by atoms with E-state index in [1.165, 1.54) is 6.33 Å². The molecule has 1 aliphatic heterocycles. The molecule has 4 rings (SSSR count). The van der Waals surface area contributed by atoms with E-state index in [9.17, 15) is 4.79 Å². The first-order chi connectivity index (χ1) is 12.7. The lowest BCUT2D eigenvalue weighted by atomic mass is 10.1. The van der Waals surface area contributed by atoms with Gasteiger partial charge in [-0.25, -0.2) is 14.8 Å². The van der Waals surface area contributed by atoms with Crippen molar-refractivity contribution in [2.45, 2.75) is 32.4 Å². The Hall–Kier alpha value is -2.42. The molecule has 27 heavy (non-hydrogen) atoms. The number of anilines is 1. The highest BCUT2D eigenvalue weighted by molar-refractivity contribution is 9.10. The van der Waals surface area contributed by atoms with E-state index < -0.39 is 5.60 Å². The Morgan fingerprint density at radius 3 is 2.78 bits per heavy atom. The van der Waals surface area contributed by atoms with Gasteiger partial charge in [-0.15, -0.1) is 0 Å². The number of hydrogen-bond acceptors (Lipinski definition) is 6. The molecule has 0 spiro atoms. The van der Waals surface area contributed by atoms with Crippen LogP contribution in [0.5, 0.6) is 0 Å². The lowest BCUT2D eigenvalue weighted by Gasteiger charge is -2.44. The zero-order chi connectivity index (χ0) is 19.3. The third-order valence-corrected chi connectivity index (χ3v) is 5.02. The fourth-order valence-corrected chi connectivity index (χ4v) is 3.42. The molecule has 3 aromatic rings. The Balaban J connectivity index is 1.57. The summed E-state index contributed by atoms with van der Waals surface area (Å²) in [4.78, 5) is 25.2. The van der Waals surface area contributed by atoms with Crippen molar-refractivity contribution in [2.24, 2.45) is 0 Å². The summed E-state index contributed by atoms with van der Waals surface area (Å²) in [7, 11) is 1.77. The first kappa shape index (κ1) is 18.0. The van der Waals surface area contributed by atoms with Crippen LogP contribution in [0.25, 0.3) is 16.6 Å². The van der Waals surface area contributed by atoms with Crippen LogP contribution in [0.15, 0.2) is 29.0 Å². The molecule has 0 aliphatic carbocycles. The van der Waals surface area contributed by atoms with Gasteiger partial charge in [-0.3, -0.25) is 0 Å². The molecule has 142 valence electrons. The van der Waals surface area contributed by atoms with E-state index in [-0.39, 0.29) is 12.1 Å². The topological polar surface area (TPSA) is 75.9 Å². The molecule has 9 heteroatoms. The Morgan fingerprint density at radius 2 is 2.07 bits per heavy atom. The standard InChI is InChI=1S/C18H21BrN6O2/c1-18(2,3)27-17(26)23(4)12-8-24(9-12)16-22-14-6-5-11(19)7-13(14)15-20-10-21-25(15)16/h5-7,10,12H,8-9H2,1-4H3. The average Bonchev–Trinajstić information content (AvgIpc) is 3.02. The molecule has 3 heterocycles. The second-order valence-corrected chi connectivity index (χ2v) is 8.63. The van der Waals surface area contributed by atoms with Gasteiger partial charge in [0.15, 0.2) is 5.65 Å². The lowest BCUT2D eigenvalue weighted by Crippen LogP contribution is -2.61. The van der Waals surface area contributed by atoms with Crippen LogP contribution in [-0.4, -0.2) is 62.4 Å². The molecule has 1 fully saturated rings. The number of benzene rings is 1. The average molecular weight is 433 g/mol. The Kier molecular flexibility index (Phi) is 4.21. The van der Waals surface area contributed by atoms with Crippen LogP contribution in [-0.2, 0) is 4.74 Å². The summed E-state index contributed by atoms with van der Waals surface area (Å²) in [5, 5.41) is 5.27. The number of halogens is 1. The fourth-order valence-electron chi connectivity index (χ4n) is 3.06. The summed E-state index contributed by atoms with van der Waals surface area (Å²) in [6, 6.07) is 5.98. The van der Waals surface area contributed by atoms with Crippen molar-refractivity contribution in [1.29, 1.82) is 0 Å². The molecule has 0 unspecified atom stereocenters. The highest BCUT2D eigenvalue weighted by Gasteiger charge is 2.36. The molecule has 1 saturated heterocycles. The van der Waals surface area contributed by atoms with Crippen molar-refractivity contribution in [2.75, 3.05) is 25.0 Å². The summed E-state index contributed by atoms with van der Waals surface area (Å²) in [6.07, 6.45) is 1.22. The maximum Gasteiger partial charge on any atom is 0.410 e. The normalized spacial score (nSPS) is 15.2. The second-order valence-electron chi connectivity index (χ2n) is 7.72. The van der Waals surface area contributed by atoms with Crippen molar-refractivity contribution in [1.82, 2.24) is 24.5 Å². The summed E-state index contributed by atoms with van der Waals surface area (Å²) in [6.45, 7) is 6.93. The minimum atomic E-state index is -0.504. The third-order valence-electron chi connectivity index (χ3n) is 4.53. The van der Waals surface area contributed by atoms with E-state index in [0.29, 0.717) is 13.1 Å². The number of fused-ring (bicyclic) bond motifs is 3. The molecule has 1 aliphatic rings. The molecule has 1 amide bonds. The lowest BCUT2D eigenvalue weighted by molar-refractivity contribution is 0.0196. The van der Waals surface area contributed by atoms with E-state index in [2.05, 4.69) is 30.9 Å². The van der Waals surface area contributed by atoms with Crippen molar-refractivity contribution in [3.63, 3.8) is 0 Å². The molecular weight excluding hydrogens is 412 g/mol. The molecule has 0 N–H and O–H groups in total. The van der Waals surface area contributed by atoms with Gasteiger partial charge in [0.2, 0.25) is 5.95 Å². The maximum absolute atomic E-state index is 12.3. The molecule has 0 bridgehead atoms. The first-order valence-electron chi connectivity index (χ1n) is 8.73. The minimum Gasteiger partial charge on any atom is -0.444 e. The van der Waals surface area contributed by atoms with Gasteiger partial charge in [-0.05, 0) is 39.0 Å². The van der Waals surface area contributed by atoms with E-state index in [4.69, 9.17) is 9.72 Å². The number of amides is 1.